The lowest BCUT2D eigenvalue weighted by Crippen LogP contribution is -1.81. The van der Waals surface area contributed by atoms with Crippen LogP contribution in [-0.2, 0) is 5.75 Å². The third-order valence-electron chi connectivity index (χ3n) is 1.21. The number of hydrogen-bond donors (Lipinski definition) is 2. The maximum Gasteiger partial charge on any atom is 0.123 e. The molecule has 0 amide bonds. The zero-order valence-electron chi connectivity index (χ0n) is 5.21. The Bertz CT molecular complexity index is 237. The fraction of sp³-hybridized carbons (Fsp3) is 0.143. The van der Waals surface area contributed by atoms with E-state index >= 15 is 0 Å². The summed E-state index contributed by atoms with van der Waals surface area (Å²) in [6.07, 6.45) is 0. The number of phenolic OH excluding ortho intramolecular Hbond substituents is 1. The second-order valence-corrected chi connectivity index (χ2v) is 2.25. The molecule has 0 aromatic heterocycles. The number of hydrogen-bond acceptors (Lipinski definition) is 2. The van der Waals surface area contributed by atoms with Gasteiger partial charge in [-0.1, -0.05) is 0 Å². The Labute approximate surface area is 63.9 Å². The van der Waals surface area contributed by atoms with Crippen molar-refractivity contribution >= 4 is 12.6 Å². The smallest absolute Gasteiger partial charge is 0.123 e. The van der Waals surface area contributed by atoms with Gasteiger partial charge in [0.05, 0.1) is 0 Å². The van der Waals surface area contributed by atoms with Crippen LogP contribution in [0.2, 0.25) is 0 Å². The minimum atomic E-state index is -0.346. The van der Waals surface area contributed by atoms with E-state index in [1.807, 2.05) is 0 Å². The van der Waals surface area contributed by atoms with E-state index in [0.29, 0.717) is 11.3 Å². The van der Waals surface area contributed by atoms with Gasteiger partial charge in [-0.2, -0.15) is 12.6 Å². The van der Waals surface area contributed by atoms with Gasteiger partial charge in [0.15, 0.2) is 0 Å². The highest BCUT2D eigenvalue weighted by Gasteiger charge is 1.98. The molecule has 54 valence electrons. The Kier molecular flexibility index (Phi) is 2.17. The van der Waals surface area contributed by atoms with Crippen molar-refractivity contribution in [2.45, 2.75) is 5.75 Å². The van der Waals surface area contributed by atoms with E-state index in [-0.39, 0.29) is 11.6 Å². The van der Waals surface area contributed by atoms with Crippen molar-refractivity contribution in [1.82, 2.24) is 0 Å². The Morgan fingerprint density at radius 2 is 2.20 bits per heavy atom. The molecule has 3 heteroatoms. The average Bonchev–Trinajstić information content (AvgIpc) is 1.94. The largest absolute Gasteiger partial charge is 0.508 e. The van der Waals surface area contributed by atoms with Crippen molar-refractivity contribution in [3.05, 3.63) is 29.6 Å². The van der Waals surface area contributed by atoms with Crippen LogP contribution in [0.25, 0.3) is 0 Å². The highest BCUT2D eigenvalue weighted by atomic mass is 32.1. The van der Waals surface area contributed by atoms with Crippen LogP contribution in [0, 0.1) is 5.82 Å². The summed E-state index contributed by atoms with van der Waals surface area (Å²) in [5.74, 6) is 0.0992. The van der Waals surface area contributed by atoms with Crippen LogP contribution >= 0.6 is 12.6 Å². The number of thiol groups is 1. The minimum Gasteiger partial charge on any atom is -0.508 e. The third-order valence-corrected chi connectivity index (χ3v) is 1.55. The quantitative estimate of drug-likeness (QED) is 0.599. The monoisotopic (exact) mass is 158 g/mol. The lowest BCUT2D eigenvalue weighted by molar-refractivity contribution is 0.468. The first-order valence-corrected chi connectivity index (χ1v) is 3.45. The van der Waals surface area contributed by atoms with Crippen molar-refractivity contribution in [1.29, 1.82) is 0 Å². The van der Waals surface area contributed by atoms with Gasteiger partial charge in [-0.15, -0.1) is 0 Å². The standard InChI is InChI=1S/C7H7FOS/c8-6-1-2-7(9)5(3-6)4-10/h1-3,9-10H,4H2. The Morgan fingerprint density at radius 1 is 1.50 bits per heavy atom. The van der Waals surface area contributed by atoms with E-state index < -0.39 is 0 Å². The molecule has 0 heterocycles. The molecule has 0 spiro atoms. The van der Waals surface area contributed by atoms with Gasteiger partial charge in [0.2, 0.25) is 0 Å². The van der Waals surface area contributed by atoms with Crippen LogP contribution < -0.4 is 0 Å². The highest BCUT2D eigenvalue weighted by molar-refractivity contribution is 7.79. The van der Waals surface area contributed by atoms with Crippen LogP contribution in [0.5, 0.6) is 5.75 Å². The summed E-state index contributed by atoms with van der Waals surface area (Å²) < 4.78 is 12.4. The number of halogens is 1. The molecule has 1 aromatic rings. The predicted molar refractivity (Wildman–Crippen MR) is 40.8 cm³/mol. The van der Waals surface area contributed by atoms with E-state index in [0.717, 1.165) is 0 Å². The fourth-order valence-electron chi connectivity index (χ4n) is 0.681. The molecular weight excluding hydrogens is 151 g/mol. The van der Waals surface area contributed by atoms with E-state index in [1.165, 1.54) is 18.2 Å². The van der Waals surface area contributed by atoms with E-state index in [9.17, 15) is 4.39 Å². The van der Waals surface area contributed by atoms with Crippen LogP contribution in [0.1, 0.15) is 5.56 Å². The molecule has 1 rings (SSSR count). The summed E-state index contributed by atoms with van der Waals surface area (Å²) in [5, 5.41) is 9.02. The van der Waals surface area contributed by atoms with Crippen molar-refractivity contribution in [2.24, 2.45) is 0 Å². The fourth-order valence-corrected chi connectivity index (χ4v) is 0.934. The SMILES string of the molecule is Oc1ccc(F)cc1CS. The lowest BCUT2D eigenvalue weighted by atomic mass is 10.2. The second-order valence-electron chi connectivity index (χ2n) is 1.93. The summed E-state index contributed by atoms with van der Waals surface area (Å²) >= 11 is 3.90. The molecule has 1 aromatic carbocycles. The van der Waals surface area contributed by atoms with Gasteiger partial charge < -0.3 is 5.11 Å². The third kappa shape index (κ3) is 1.42. The maximum absolute atomic E-state index is 12.4. The summed E-state index contributed by atoms with van der Waals surface area (Å²) in [5.41, 5.74) is 0.517. The average molecular weight is 158 g/mol. The molecule has 1 nitrogen and oxygen atoms in total. The zero-order valence-corrected chi connectivity index (χ0v) is 6.11. The van der Waals surface area contributed by atoms with Crippen molar-refractivity contribution < 1.29 is 9.50 Å². The molecule has 0 saturated carbocycles. The molecule has 0 unspecified atom stereocenters. The lowest BCUT2D eigenvalue weighted by Gasteiger charge is -1.98. The Balaban J connectivity index is 3.09. The first-order valence-electron chi connectivity index (χ1n) is 2.82. The van der Waals surface area contributed by atoms with Crippen molar-refractivity contribution in [3.63, 3.8) is 0 Å². The molecule has 10 heavy (non-hydrogen) atoms. The number of benzene rings is 1. The predicted octanol–water partition coefficient (Wildman–Crippen LogP) is 1.96. The van der Waals surface area contributed by atoms with Gasteiger partial charge in [-0.3, -0.25) is 0 Å². The molecular formula is C7H7FOS. The van der Waals surface area contributed by atoms with E-state index in [1.54, 1.807) is 0 Å². The Morgan fingerprint density at radius 3 is 2.70 bits per heavy atom. The molecule has 0 aliphatic carbocycles. The van der Waals surface area contributed by atoms with Crippen LogP contribution in [0.15, 0.2) is 18.2 Å². The molecule has 0 saturated heterocycles. The summed E-state index contributed by atoms with van der Waals surface area (Å²) in [6.45, 7) is 0. The molecule has 0 atom stereocenters. The molecule has 1 N–H and O–H groups in total. The summed E-state index contributed by atoms with van der Waals surface area (Å²) in [7, 11) is 0. The zero-order chi connectivity index (χ0) is 7.56. The van der Waals surface area contributed by atoms with Gasteiger partial charge in [0.25, 0.3) is 0 Å². The van der Waals surface area contributed by atoms with E-state index in [2.05, 4.69) is 12.6 Å². The van der Waals surface area contributed by atoms with E-state index in [4.69, 9.17) is 5.11 Å². The highest BCUT2D eigenvalue weighted by Crippen LogP contribution is 2.18. The van der Waals surface area contributed by atoms with Gasteiger partial charge in [-0.25, -0.2) is 4.39 Å². The molecule has 0 aliphatic rings. The molecule has 0 bridgehead atoms. The van der Waals surface area contributed by atoms with Crippen molar-refractivity contribution in [3.8, 4) is 5.75 Å². The molecule has 0 fully saturated rings. The Hall–Kier alpha value is -0.700. The maximum atomic E-state index is 12.4. The van der Waals surface area contributed by atoms with Gasteiger partial charge in [0, 0.05) is 11.3 Å². The first-order chi connectivity index (χ1) is 4.74. The molecule has 0 radical (unpaired) electrons. The van der Waals surface area contributed by atoms with Gasteiger partial charge in [-0.05, 0) is 18.2 Å². The summed E-state index contributed by atoms with van der Waals surface area (Å²) in [4.78, 5) is 0. The van der Waals surface area contributed by atoms with Crippen molar-refractivity contribution in [2.75, 3.05) is 0 Å². The summed E-state index contributed by atoms with van der Waals surface area (Å²) in [6, 6.07) is 3.80. The van der Waals surface area contributed by atoms with Gasteiger partial charge in [0.1, 0.15) is 11.6 Å². The topological polar surface area (TPSA) is 20.2 Å². The second kappa shape index (κ2) is 2.92. The normalized spacial score (nSPS) is 9.80. The molecule has 0 aliphatic heterocycles. The number of aromatic hydroxyl groups is 1. The minimum absolute atomic E-state index is 0.0939. The number of phenols is 1. The van der Waals surface area contributed by atoms with Crippen LogP contribution in [0.3, 0.4) is 0 Å². The van der Waals surface area contributed by atoms with Gasteiger partial charge >= 0.3 is 0 Å². The first kappa shape index (κ1) is 7.41. The number of rotatable bonds is 1. The van der Waals surface area contributed by atoms with Crippen LogP contribution in [0.4, 0.5) is 4.39 Å². The van der Waals surface area contributed by atoms with Crippen LogP contribution in [-0.4, -0.2) is 5.11 Å².